The molecule has 9 heteroatoms. The van der Waals surface area contributed by atoms with Crippen LogP contribution < -0.4 is 10.6 Å². The number of alkyl halides is 3. The summed E-state index contributed by atoms with van der Waals surface area (Å²) in [4.78, 5) is 7.73. The Hall–Kier alpha value is -2.09. The fourth-order valence-electron chi connectivity index (χ4n) is 3.34. The molecule has 0 radical (unpaired) electrons. The SMILES string of the molecule is FC(F)(F)c1cc(NCC2(c3ccnc(Cl)c3)CNC2)c2cc(Cl)ccc2n1. The highest BCUT2D eigenvalue weighted by molar-refractivity contribution is 6.31. The summed E-state index contributed by atoms with van der Waals surface area (Å²) in [5.74, 6) is 0. The number of hydrogen-bond donors (Lipinski definition) is 2. The number of nitrogens with one attached hydrogen (secondary N) is 2. The number of hydrogen-bond acceptors (Lipinski definition) is 4. The molecule has 3 aromatic rings. The lowest BCUT2D eigenvalue weighted by atomic mass is 9.75. The second kappa shape index (κ2) is 7.06. The molecule has 1 saturated heterocycles. The van der Waals surface area contributed by atoms with Crippen LogP contribution in [0, 0.1) is 0 Å². The van der Waals surface area contributed by atoms with Gasteiger partial charge in [-0.05, 0) is 42.0 Å². The number of pyridine rings is 2. The molecule has 1 aromatic carbocycles. The Morgan fingerprint density at radius 1 is 1.11 bits per heavy atom. The lowest BCUT2D eigenvalue weighted by Gasteiger charge is -2.43. The van der Waals surface area contributed by atoms with Crippen LogP contribution in [0.2, 0.25) is 10.2 Å². The van der Waals surface area contributed by atoms with Crippen molar-refractivity contribution in [2.75, 3.05) is 25.0 Å². The lowest BCUT2D eigenvalue weighted by molar-refractivity contribution is -0.140. The van der Waals surface area contributed by atoms with Gasteiger partial charge in [-0.3, -0.25) is 0 Å². The van der Waals surface area contributed by atoms with Crippen LogP contribution in [0.15, 0.2) is 42.6 Å². The summed E-state index contributed by atoms with van der Waals surface area (Å²) >= 11 is 12.1. The zero-order valence-electron chi connectivity index (χ0n) is 14.4. The van der Waals surface area contributed by atoms with Gasteiger partial charge in [-0.25, -0.2) is 9.97 Å². The number of fused-ring (bicyclic) bond motifs is 1. The average molecular weight is 427 g/mol. The first kappa shape index (κ1) is 19.2. The molecule has 1 aliphatic heterocycles. The van der Waals surface area contributed by atoms with E-state index in [-0.39, 0.29) is 10.9 Å². The van der Waals surface area contributed by atoms with E-state index in [1.165, 1.54) is 12.1 Å². The molecular formula is C19H15Cl2F3N4. The maximum Gasteiger partial charge on any atom is 0.433 e. The van der Waals surface area contributed by atoms with Gasteiger partial charge in [0.05, 0.1) is 5.52 Å². The van der Waals surface area contributed by atoms with Gasteiger partial charge < -0.3 is 10.6 Å². The number of benzene rings is 1. The molecule has 2 N–H and O–H groups in total. The summed E-state index contributed by atoms with van der Waals surface area (Å²) in [5.41, 5.74) is 0.309. The van der Waals surface area contributed by atoms with E-state index in [9.17, 15) is 13.2 Å². The highest BCUT2D eigenvalue weighted by atomic mass is 35.5. The quantitative estimate of drug-likeness (QED) is 0.582. The zero-order valence-corrected chi connectivity index (χ0v) is 16.0. The largest absolute Gasteiger partial charge is 0.433 e. The summed E-state index contributed by atoms with van der Waals surface area (Å²) in [6.07, 6.45) is -2.92. The van der Waals surface area contributed by atoms with Crippen LogP contribution in [0.3, 0.4) is 0 Å². The van der Waals surface area contributed by atoms with Crippen molar-refractivity contribution in [3.63, 3.8) is 0 Å². The van der Waals surface area contributed by atoms with Crippen molar-refractivity contribution in [2.24, 2.45) is 0 Å². The van der Waals surface area contributed by atoms with Crippen molar-refractivity contribution < 1.29 is 13.2 Å². The van der Waals surface area contributed by atoms with Crippen LogP contribution >= 0.6 is 23.2 Å². The van der Waals surface area contributed by atoms with Gasteiger partial charge in [0, 0.05) is 47.3 Å². The normalized spacial score (nSPS) is 16.0. The predicted molar refractivity (Wildman–Crippen MR) is 104 cm³/mol. The number of nitrogens with zero attached hydrogens (tertiary/aromatic N) is 2. The zero-order chi connectivity index (χ0) is 19.9. The van der Waals surface area contributed by atoms with Crippen molar-refractivity contribution in [3.8, 4) is 0 Å². The van der Waals surface area contributed by atoms with Crippen LogP contribution in [0.25, 0.3) is 10.9 Å². The summed E-state index contributed by atoms with van der Waals surface area (Å²) in [6, 6.07) is 9.31. The molecule has 0 aliphatic carbocycles. The highest BCUT2D eigenvalue weighted by Crippen LogP contribution is 2.36. The van der Waals surface area contributed by atoms with E-state index >= 15 is 0 Å². The second-order valence-electron chi connectivity index (χ2n) is 6.82. The number of anilines is 1. The smallest absolute Gasteiger partial charge is 0.383 e. The minimum Gasteiger partial charge on any atom is -0.383 e. The van der Waals surface area contributed by atoms with E-state index in [2.05, 4.69) is 20.6 Å². The Kier molecular flexibility index (Phi) is 4.85. The van der Waals surface area contributed by atoms with Crippen molar-refractivity contribution in [3.05, 3.63) is 64.0 Å². The maximum absolute atomic E-state index is 13.3. The lowest BCUT2D eigenvalue weighted by Crippen LogP contribution is -2.60. The Morgan fingerprint density at radius 2 is 1.89 bits per heavy atom. The molecule has 0 bridgehead atoms. The standard InChI is InChI=1S/C19H15Cl2F3N4/c20-12-1-2-14-13(6-12)15(7-16(28-14)19(22,23)24)27-10-18(8-25-9-18)11-3-4-26-17(21)5-11/h1-7,25H,8-10H2,(H,27,28). The first-order valence-electron chi connectivity index (χ1n) is 8.51. The van der Waals surface area contributed by atoms with Gasteiger partial charge in [0.15, 0.2) is 0 Å². The molecule has 4 rings (SSSR count). The van der Waals surface area contributed by atoms with Gasteiger partial charge in [0.1, 0.15) is 10.8 Å². The Morgan fingerprint density at radius 3 is 2.54 bits per heavy atom. The van der Waals surface area contributed by atoms with Gasteiger partial charge in [0.2, 0.25) is 0 Å². The molecule has 1 aliphatic rings. The van der Waals surface area contributed by atoms with Gasteiger partial charge in [-0.2, -0.15) is 13.2 Å². The molecule has 1 fully saturated rings. The number of aromatic nitrogens is 2. The topological polar surface area (TPSA) is 49.8 Å². The maximum atomic E-state index is 13.3. The van der Waals surface area contributed by atoms with Crippen molar-refractivity contribution in [2.45, 2.75) is 11.6 Å². The Labute approximate surface area is 169 Å². The molecule has 3 heterocycles. The van der Waals surface area contributed by atoms with Gasteiger partial charge in [-0.1, -0.05) is 23.2 Å². The molecule has 0 atom stereocenters. The van der Waals surface area contributed by atoms with Crippen molar-refractivity contribution in [1.82, 2.24) is 15.3 Å². The van der Waals surface area contributed by atoms with Crippen LogP contribution in [0.1, 0.15) is 11.3 Å². The highest BCUT2D eigenvalue weighted by Gasteiger charge is 2.39. The van der Waals surface area contributed by atoms with Crippen molar-refractivity contribution >= 4 is 39.8 Å². The minimum atomic E-state index is -4.54. The van der Waals surface area contributed by atoms with Crippen molar-refractivity contribution in [1.29, 1.82) is 0 Å². The summed E-state index contributed by atoms with van der Waals surface area (Å²) in [7, 11) is 0. The molecular weight excluding hydrogens is 412 g/mol. The van der Waals surface area contributed by atoms with Crippen LogP contribution in [-0.2, 0) is 11.6 Å². The van der Waals surface area contributed by atoms with Crippen LogP contribution in [-0.4, -0.2) is 29.6 Å². The van der Waals surface area contributed by atoms with E-state index in [1.54, 1.807) is 18.3 Å². The Balaban J connectivity index is 1.71. The molecule has 4 nitrogen and oxygen atoms in total. The first-order chi connectivity index (χ1) is 13.3. The van der Waals surface area contributed by atoms with E-state index < -0.39 is 11.9 Å². The fourth-order valence-corrected chi connectivity index (χ4v) is 3.69. The van der Waals surface area contributed by atoms with Gasteiger partial charge in [-0.15, -0.1) is 0 Å². The number of halogens is 5. The third-order valence-corrected chi connectivity index (χ3v) is 5.39. The van der Waals surface area contributed by atoms with Crippen LogP contribution in [0.5, 0.6) is 0 Å². The van der Waals surface area contributed by atoms with E-state index in [0.29, 0.717) is 40.9 Å². The first-order valence-corrected chi connectivity index (χ1v) is 9.27. The minimum absolute atomic E-state index is 0.231. The molecule has 0 unspecified atom stereocenters. The molecule has 0 saturated carbocycles. The molecule has 2 aromatic heterocycles. The third kappa shape index (κ3) is 3.62. The second-order valence-corrected chi connectivity index (χ2v) is 7.64. The van der Waals surface area contributed by atoms with Gasteiger partial charge >= 0.3 is 6.18 Å². The van der Waals surface area contributed by atoms with E-state index in [4.69, 9.17) is 23.2 Å². The molecule has 0 spiro atoms. The number of rotatable bonds is 4. The summed E-state index contributed by atoms with van der Waals surface area (Å²) in [5, 5.41) is 7.75. The molecule has 28 heavy (non-hydrogen) atoms. The predicted octanol–water partition coefficient (Wildman–Crippen LogP) is 4.91. The van der Waals surface area contributed by atoms with Gasteiger partial charge in [0.25, 0.3) is 0 Å². The molecule has 0 amide bonds. The Bertz CT molecular complexity index is 1040. The fraction of sp³-hybridized carbons (Fsp3) is 0.263. The van der Waals surface area contributed by atoms with E-state index in [0.717, 1.165) is 11.6 Å². The third-order valence-electron chi connectivity index (χ3n) is 4.94. The van der Waals surface area contributed by atoms with E-state index in [1.807, 2.05) is 6.07 Å². The monoisotopic (exact) mass is 426 g/mol. The molecule has 146 valence electrons. The van der Waals surface area contributed by atoms with Crippen LogP contribution in [0.4, 0.5) is 18.9 Å². The summed E-state index contributed by atoms with van der Waals surface area (Å²) < 4.78 is 39.9. The summed E-state index contributed by atoms with van der Waals surface area (Å²) in [6.45, 7) is 1.77. The average Bonchev–Trinajstić information content (AvgIpc) is 2.60.